The molecule has 2 aromatic carbocycles. The van der Waals surface area contributed by atoms with Gasteiger partial charge in [-0.05, 0) is 42.0 Å². The van der Waals surface area contributed by atoms with Crippen LogP contribution in [0.2, 0.25) is 5.02 Å². The van der Waals surface area contributed by atoms with Crippen LogP contribution in [-0.4, -0.2) is 22.9 Å². The molecule has 5 nitrogen and oxygen atoms in total. The van der Waals surface area contributed by atoms with Crippen molar-refractivity contribution < 1.29 is 9.59 Å². The third-order valence-electron chi connectivity index (χ3n) is 5.52. The number of primary amides is 1. The van der Waals surface area contributed by atoms with E-state index in [4.69, 9.17) is 17.3 Å². The number of nitrogens with two attached hydrogens (primary N) is 1. The molecule has 0 spiro atoms. The molecule has 0 bridgehead atoms. The molecule has 2 aromatic rings. The molecule has 1 unspecified atom stereocenters. The Labute approximate surface area is 170 Å². The summed E-state index contributed by atoms with van der Waals surface area (Å²) in [6.07, 6.45) is 3.18. The van der Waals surface area contributed by atoms with Crippen LogP contribution >= 0.6 is 11.6 Å². The first-order chi connectivity index (χ1) is 13.3. The van der Waals surface area contributed by atoms with E-state index in [9.17, 15) is 9.59 Å². The summed E-state index contributed by atoms with van der Waals surface area (Å²) < 4.78 is 0. The van der Waals surface area contributed by atoms with E-state index >= 15 is 0 Å². The summed E-state index contributed by atoms with van der Waals surface area (Å²) in [6.45, 7) is 4.97. The van der Waals surface area contributed by atoms with Crippen molar-refractivity contribution >= 4 is 29.2 Å². The lowest BCUT2D eigenvalue weighted by atomic mass is 9.86. The molecular weight excluding hydrogens is 374 g/mol. The zero-order valence-electron chi connectivity index (χ0n) is 16.2. The van der Waals surface area contributed by atoms with Gasteiger partial charge in [-0.25, -0.2) is 4.79 Å². The zero-order valence-corrected chi connectivity index (χ0v) is 17.0. The first-order valence-electron chi connectivity index (χ1n) is 9.49. The third-order valence-corrected chi connectivity index (χ3v) is 5.83. The average Bonchev–Trinajstić information content (AvgIpc) is 2.99. The Morgan fingerprint density at radius 3 is 2.50 bits per heavy atom. The van der Waals surface area contributed by atoms with Crippen LogP contribution in [0.1, 0.15) is 49.0 Å². The fourth-order valence-electron chi connectivity index (χ4n) is 3.98. The summed E-state index contributed by atoms with van der Waals surface area (Å²) in [5.74, 6) is -0.596. The van der Waals surface area contributed by atoms with E-state index < -0.39 is 5.91 Å². The van der Waals surface area contributed by atoms with Crippen LogP contribution in [0, 0.1) is 5.41 Å². The van der Waals surface area contributed by atoms with Gasteiger partial charge >= 0.3 is 6.03 Å². The summed E-state index contributed by atoms with van der Waals surface area (Å²) in [7, 11) is 0. The van der Waals surface area contributed by atoms with Crippen molar-refractivity contribution in [3.05, 3.63) is 64.7 Å². The summed E-state index contributed by atoms with van der Waals surface area (Å²) in [5.41, 5.74) is 7.20. The highest BCUT2D eigenvalue weighted by Crippen LogP contribution is 2.41. The van der Waals surface area contributed by atoms with Gasteiger partial charge in [0.25, 0.3) is 0 Å². The fourth-order valence-corrected chi connectivity index (χ4v) is 4.25. The van der Waals surface area contributed by atoms with Crippen molar-refractivity contribution in [3.8, 4) is 0 Å². The van der Waals surface area contributed by atoms with Crippen molar-refractivity contribution in [1.82, 2.24) is 4.90 Å². The molecule has 0 saturated heterocycles. The van der Waals surface area contributed by atoms with E-state index in [1.807, 2.05) is 35.2 Å². The highest BCUT2D eigenvalue weighted by molar-refractivity contribution is 6.34. The van der Waals surface area contributed by atoms with Crippen molar-refractivity contribution in [2.75, 3.05) is 5.32 Å². The van der Waals surface area contributed by atoms with Gasteiger partial charge in [-0.3, -0.25) is 4.79 Å². The number of rotatable bonds is 5. The second kappa shape index (κ2) is 8.23. The maximum atomic E-state index is 13.2. The number of hydrogen-bond acceptors (Lipinski definition) is 2. The molecule has 0 radical (unpaired) electrons. The molecule has 1 saturated carbocycles. The van der Waals surface area contributed by atoms with Crippen LogP contribution in [0.5, 0.6) is 0 Å². The number of amides is 3. The summed E-state index contributed by atoms with van der Waals surface area (Å²) in [5, 5.41) is 3.16. The Morgan fingerprint density at radius 1 is 1.21 bits per heavy atom. The van der Waals surface area contributed by atoms with Crippen molar-refractivity contribution in [3.63, 3.8) is 0 Å². The van der Waals surface area contributed by atoms with E-state index in [1.165, 1.54) is 6.07 Å². The third kappa shape index (κ3) is 4.47. The van der Waals surface area contributed by atoms with Crippen molar-refractivity contribution in [2.24, 2.45) is 11.1 Å². The van der Waals surface area contributed by atoms with Gasteiger partial charge in [0.2, 0.25) is 5.91 Å². The van der Waals surface area contributed by atoms with E-state index in [-0.39, 0.29) is 28.1 Å². The van der Waals surface area contributed by atoms with Gasteiger partial charge in [0.1, 0.15) is 0 Å². The van der Waals surface area contributed by atoms with E-state index in [2.05, 4.69) is 19.2 Å². The van der Waals surface area contributed by atoms with Gasteiger partial charge in [0.15, 0.2) is 0 Å². The Morgan fingerprint density at radius 2 is 1.93 bits per heavy atom. The number of halogens is 1. The Hall–Kier alpha value is -2.53. The quantitative estimate of drug-likeness (QED) is 0.737. The molecule has 1 atom stereocenters. The molecule has 3 amide bonds. The lowest BCUT2D eigenvalue weighted by molar-refractivity contribution is 0.100. The molecular formula is C22H26ClN3O2. The largest absolute Gasteiger partial charge is 0.366 e. The van der Waals surface area contributed by atoms with Gasteiger partial charge in [-0.15, -0.1) is 0 Å². The molecule has 6 heteroatoms. The van der Waals surface area contributed by atoms with Gasteiger partial charge < -0.3 is 16.0 Å². The van der Waals surface area contributed by atoms with Gasteiger partial charge in [-0.1, -0.05) is 62.2 Å². The lowest BCUT2D eigenvalue weighted by Gasteiger charge is -2.37. The van der Waals surface area contributed by atoms with Gasteiger partial charge in [-0.2, -0.15) is 0 Å². The molecule has 3 N–H and O–H groups in total. The summed E-state index contributed by atoms with van der Waals surface area (Å²) >= 11 is 6.12. The zero-order chi connectivity index (χ0) is 20.3. The first-order valence-corrected chi connectivity index (χ1v) is 9.86. The van der Waals surface area contributed by atoms with Gasteiger partial charge in [0.05, 0.1) is 10.6 Å². The number of nitrogens with zero attached hydrogens (tertiary/aromatic N) is 1. The smallest absolute Gasteiger partial charge is 0.322 e. The summed E-state index contributed by atoms with van der Waals surface area (Å²) in [4.78, 5) is 26.5. The Bertz CT molecular complexity index is 867. The number of nitrogens with one attached hydrogen (secondary N) is 1. The molecule has 0 aromatic heterocycles. The molecule has 1 aliphatic carbocycles. The van der Waals surface area contributed by atoms with Crippen LogP contribution in [0.25, 0.3) is 0 Å². The molecule has 1 fully saturated rings. The Balaban J connectivity index is 1.84. The van der Waals surface area contributed by atoms with E-state index in [0.717, 1.165) is 24.8 Å². The minimum atomic E-state index is -0.596. The Kier molecular flexibility index (Phi) is 5.94. The monoisotopic (exact) mass is 399 g/mol. The van der Waals surface area contributed by atoms with Crippen LogP contribution in [0.15, 0.2) is 48.5 Å². The van der Waals surface area contributed by atoms with Crippen molar-refractivity contribution in [1.29, 1.82) is 0 Å². The van der Waals surface area contributed by atoms with Crippen LogP contribution in [0.4, 0.5) is 10.5 Å². The second-order valence-electron chi connectivity index (χ2n) is 8.00. The molecule has 28 heavy (non-hydrogen) atoms. The molecule has 0 heterocycles. The normalized spacial score (nSPS) is 17.9. The summed E-state index contributed by atoms with van der Waals surface area (Å²) in [6, 6.07) is 14.7. The maximum Gasteiger partial charge on any atom is 0.322 e. The number of urea groups is 1. The number of carbonyl (C=O) groups excluding carboxylic acids is 2. The number of anilines is 1. The van der Waals surface area contributed by atoms with E-state index in [0.29, 0.717) is 12.2 Å². The minimum absolute atomic E-state index is 0.0552. The van der Waals surface area contributed by atoms with Crippen molar-refractivity contribution in [2.45, 2.75) is 45.7 Å². The topological polar surface area (TPSA) is 75.4 Å². The molecule has 148 valence electrons. The van der Waals surface area contributed by atoms with Crippen LogP contribution in [-0.2, 0) is 6.54 Å². The maximum absolute atomic E-state index is 13.2. The molecule has 3 rings (SSSR count). The SMILES string of the molecule is CC1(C)CCCC1N(Cc1ccccc1)C(=O)Nc1ccc(C(N)=O)c(Cl)c1. The first kappa shape index (κ1) is 20.2. The second-order valence-corrected chi connectivity index (χ2v) is 8.41. The fraction of sp³-hybridized carbons (Fsp3) is 0.364. The highest BCUT2D eigenvalue weighted by Gasteiger charge is 2.40. The minimum Gasteiger partial charge on any atom is -0.366 e. The molecule has 0 aliphatic heterocycles. The average molecular weight is 400 g/mol. The molecule has 1 aliphatic rings. The number of carbonyl (C=O) groups is 2. The predicted octanol–water partition coefficient (Wildman–Crippen LogP) is 5.05. The van der Waals surface area contributed by atoms with Crippen LogP contribution < -0.4 is 11.1 Å². The lowest BCUT2D eigenvalue weighted by Crippen LogP contribution is -2.47. The van der Waals surface area contributed by atoms with Gasteiger partial charge in [0, 0.05) is 18.3 Å². The number of benzene rings is 2. The standard InChI is InChI=1S/C22H26ClN3O2/c1-22(2)12-6-9-19(22)26(14-15-7-4-3-5-8-15)21(28)25-16-10-11-17(20(24)27)18(23)13-16/h3-5,7-8,10-11,13,19H,6,9,12,14H2,1-2H3,(H2,24,27)(H,25,28). The van der Waals surface area contributed by atoms with E-state index in [1.54, 1.807) is 12.1 Å². The number of hydrogen-bond donors (Lipinski definition) is 2. The highest BCUT2D eigenvalue weighted by atomic mass is 35.5. The predicted molar refractivity (Wildman–Crippen MR) is 112 cm³/mol. The van der Waals surface area contributed by atoms with Crippen LogP contribution in [0.3, 0.4) is 0 Å².